The van der Waals surface area contributed by atoms with Crippen molar-refractivity contribution in [3.8, 4) is 0 Å². The Balaban J connectivity index is 1.47. The number of amides is 3. The Kier molecular flexibility index (Phi) is 10.4. The predicted octanol–water partition coefficient (Wildman–Crippen LogP) is 6.66. The maximum absolute atomic E-state index is 13.4. The van der Waals surface area contributed by atoms with Gasteiger partial charge in [-0.05, 0) is 82.2 Å². The average molecular weight is 630 g/mol. The van der Waals surface area contributed by atoms with E-state index in [1.807, 2.05) is 79.7 Å². The van der Waals surface area contributed by atoms with E-state index in [1.54, 1.807) is 48.5 Å². The Labute approximate surface area is 252 Å². The van der Waals surface area contributed by atoms with Crippen LogP contribution in [0.5, 0.6) is 0 Å². The highest BCUT2D eigenvalue weighted by Gasteiger charge is 2.16. The lowest BCUT2D eigenvalue weighted by molar-refractivity contribution is -0.114. The van der Waals surface area contributed by atoms with Crippen molar-refractivity contribution in [2.75, 3.05) is 35.4 Å². The molecule has 0 aliphatic heterocycles. The molecule has 4 aromatic carbocycles. The average Bonchev–Trinajstić information content (AvgIpc) is 2.98. The molecule has 0 aliphatic rings. The number of benzene rings is 4. The van der Waals surface area contributed by atoms with Crippen molar-refractivity contribution < 1.29 is 14.4 Å². The lowest BCUT2D eigenvalue weighted by Gasteiger charge is -2.14. The molecule has 0 radical (unpaired) electrons. The topological polar surface area (TPSA) is 90.5 Å². The van der Waals surface area contributed by atoms with E-state index < -0.39 is 11.8 Å². The van der Waals surface area contributed by atoms with Crippen LogP contribution in [-0.2, 0) is 9.59 Å². The molecule has 0 unspecified atom stereocenters. The first-order chi connectivity index (χ1) is 19.8. The number of carbonyl (C=O) groups is 3. The third kappa shape index (κ3) is 8.83. The summed E-state index contributed by atoms with van der Waals surface area (Å²) in [5, 5.41) is 8.51. The molecule has 4 aromatic rings. The van der Waals surface area contributed by atoms with E-state index in [0.717, 1.165) is 20.6 Å². The van der Waals surface area contributed by atoms with Crippen LogP contribution in [0.1, 0.15) is 15.9 Å². The molecule has 0 fully saturated rings. The third-order valence-corrected chi connectivity index (χ3v) is 7.54. The molecule has 0 saturated carbocycles. The van der Waals surface area contributed by atoms with Crippen LogP contribution in [0.2, 0.25) is 0 Å². The minimum atomic E-state index is -0.472. The summed E-state index contributed by atoms with van der Waals surface area (Å²) in [5.41, 5.74) is 3.55. The van der Waals surface area contributed by atoms with Gasteiger partial charge in [-0.1, -0.05) is 48.5 Å². The fourth-order valence-electron chi connectivity index (χ4n) is 3.74. The second-order valence-electron chi connectivity index (χ2n) is 9.16. The third-order valence-electron chi connectivity index (χ3n) is 5.86. The fourth-order valence-corrected chi connectivity index (χ4v) is 4.88. The van der Waals surface area contributed by atoms with E-state index in [-0.39, 0.29) is 17.4 Å². The molecule has 4 rings (SSSR count). The molecule has 7 nitrogen and oxygen atoms in total. The minimum Gasteiger partial charge on any atom is -0.378 e. The summed E-state index contributed by atoms with van der Waals surface area (Å²) in [6, 6.07) is 31.0. The van der Waals surface area contributed by atoms with Crippen molar-refractivity contribution in [1.29, 1.82) is 0 Å². The smallest absolute Gasteiger partial charge is 0.272 e. The molecule has 0 aliphatic carbocycles. The number of rotatable bonds is 10. The number of hydrogen-bond acceptors (Lipinski definition) is 5. The molecular formula is C32H29BrN4O3S. The Morgan fingerprint density at radius 2 is 1.54 bits per heavy atom. The van der Waals surface area contributed by atoms with Crippen LogP contribution < -0.4 is 20.9 Å². The highest BCUT2D eigenvalue weighted by Crippen LogP contribution is 2.25. The van der Waals surface area contributed by atoms with Crippen molar-refractivity contribution in [3.63, 3.8) is 0 Å². The van der Waals surface area contributed by atoms with Gasteiger partial charge < -0.3 is 20.9 Å². The molecule has 0 bridgehead atoms. The van der Waals surface area contributed by atoms with Crippen LogP contribution in [0.4, 0.5) is 17.1 Å². The van der Waals surface area contributed by atoms with E-state index in [1.165, 1.54) is 11.8 Å². The standard InChI is InChI=1S/C32H29BrN4O3S/c1-37(2)25-17-15-22(16-18-25)19-29(36-31(39)23-9-4-3-5-10-23)32(40)34-24-11-8-12-26(20-24)41-21-30(38)35-28-14-7-6-13-27(28)33/h3-20H,21H2,1-2H3,(H,34,40)(H,35,38)(H,36,39)/b29-19+. The number of hydrogen-bond donors (Lipinski definition) is 3. The summed E-state index contributed by atoms with van der Waals surface area (Å²) in [5.74, 6) is -0.817. The van der Waals surface area contributed by atoms with Gasteiger partial charge in [0.2, 0.25) is 5.91 Å². The monoisotopic (exact) mass is 628 g/mol. The zero-order chi connectivity index (χ0) is 29.2. The first kappa shape index (κ1) is 29.6. The summed E-state index contributed by atoms with van der Waals surface area (Å²) < 4.78 is 0.805. The van der Waals surface area contributed by atoms with Crippen LogP contribution in [0.15, 0.2) is 118 Å². The molecule has 3 N–H and O–H groups in total. The molecule has 0 spiro atoms. The lowest BCUT2D eigenvalue weighted by Crippen LogP contribution is -2.30. The summed E-state index contributed by atoms with van der Waals surface area (Å²) in [4.78, 5) is 41.6. The van der Waals surface area contributed by atoms with Crippen molar-refractivity contribution in [3.05, 3.63) is 124 Å². The highest BCUT2D eigenvalue weighted by atomic mass is 79.9. The lowest BCUT2D eigenvalue weighted by atomic mass is 10.1. The number of halogens is 1. The van der Waals surface area contributed by atoms with Crippen LogP contribution in [0, 0.1) is 0 Å². The molecule has 0 heterocycles. The van der Waals surface area contributed by atoms with Crippen molar-refractivity contribution in [1.82, 2.24) is 5.32 Å². The minimum absolute atomic E-state index is 0.0994. The van der Waals surface area contributed by atoms with E-state index in [2.05, 4.69) is 31.9 Å². The van der Waals surface area contributed by atoms with Gasteiger partial charge in [0.25, 0.3) is 11.8 Å². The number of nitrogens with zero attached hydrogens (tertiary/aromatic N) is 1. The molecular weight excluding hydrogens is 600 g/mol. The van der Waals surface area contributed by atoms with Gasteiger partial charge in [-0.2, -0.15) is 0 Å². The van der Waals surface area contributed by atoms with Gasteiger partial charge in [-0.25, -0.2) is 0 Å². The van der Waals surface area contributed by atoms with Gasteiger partial charge in [-0.15, -0.1) is 11.8 Å². The van der Waals surface area contributed by atoms with Gasteiger partial charge in [-0.3, -0.25) is 14.4 Å². The maximum Gasteiger partial charge on any atom is 0.272 e. The Morgan fingerprint density at radius 1 is 0.829 bits per heavy atom. The van der Waals surface area contributed by atoms with Crippen LogP contribution in [-0.4, -0.2) is 37.6 Å². The van der Waals surface area contributed by atoms with Crippen LogP contribution in [0.3, 0.4) is 0 Å². The summed E-state index contributed by atoms with van der Waals surface area (Å²) in [7, 11) is 3.90. The number of carbonyl (C=O) groups excluding carboxylic acids is 3. The van der Waals surface area contributed by atoms with Crippen LogP contribution >= 0.6 is 27.7 Å². The van der Waals surface area contributed by atoms with Gasteiger partial charge in [0, 0.05) is 40.4 Å². The zero-order valence-electron chi connectivity index (χ0n) is 22.6. The maximum atomic E-state index is 13.4. The highest BCUT2D eigenvalue weighted by molar-refractivity contribution is 9.10. The summed E-state index contributed by atoms with van der Waals surface area (Å²) in [6.07, 6.45) is 1.64. The second-order valence-corrected chi connectivity index (χ2v) is 11.1. The fraction of sp³-hybridized carbons (Fsp3) is 0.0938. The van der Waals surface area contributed by atoms with Crippen molar-refractivity contribution >= 4 is 68.6 Å². The Hall–Kier alpha value is -4.34. The van der Waals surface area contributed by atoms with Crippen LogP contribution in [0.25, 0.3) is 6.08 Å². The van der Waals surface area contributed by atoms with E-state index in [0.29, 0.717) is 16.9 Å². The SMILES string of the molecule is CN(C)c1ccc(/C=C(/NC(=O)c2ccccc2)C(=O)Nc2cccc(SCC(=O)Nc3ccccc3Br)c2)cc1. The molecule has 41 heavy (non-hydrogen) atoms. The van der Waals surface area contributed by atoms with Gasteiger partial charge in [0.05, 0.1) is 11.4 Å². The Morgan fingerprint density at radius 3 is 2.24 bits per heavy atom. The van der Waals surface area contributed by atoms with Crippen molar-refractivity contribution in [2.24, 2.45) is 0 Å². The molecule has 0 aromatic heterocycles. The molecule has 3 amide bonds. The second kappa shape index (κ2) is 14.3. The largest absolute Gasteiger partial charge is 0.378 e. The zero-order valence-corrected chi connectivity index (χ0v) is 25.0. The normalized spacial score (nSPS) is 11.0. The summed E-state index contributed by atoms with van der Waals surface area (Å²) in [6.45, 7) is 0. The first-order valence-electron chi connectivity index (χ1n) is 12.7. The van der Waals surface area contributed by atoms with E-state index >= 15 is 0 Å². The number of anilines is 3. The molecule has 0 saturated heterocycles. The predicted molar refractivity (Wildman–Crippen MR) is 171 cm³/mol. The number of para-hydroxylation sites is 1. The Bertz CT molecular complexity index is 1560. The molecule has 208 valence electrons. The van der Waals surface area contributed by atoms with Gasteiger partial charge in [0.1, 0.15) is 5.70 Å². The van der Waals surface area contributed by atoms with Gasteiger partial charge >= 0.3 is 0 Å². The number of thioether (sulfide) groups is 1. The quantitative estimate of drug-likeness (QED) is 0.135. The first-order valence-corrected chi connectivity index (χ1v) is 14.5. The van der Waals surface area contributed by atoms with Crippen molar-refractivity contribution in [2.45, 2.75) is 4.90 Å². The van der Waals surface area contributed by atoms with E-state index in [4.69, 9.17) is 0 Å². The molecule has 9 heteroatoms. The van der Waals surface area contributed by atoms with E-state index in [9.17, 15) is 14.4 Å². The molecule has 0 atom stereocenters. The number of nitrogens with one attached hydrogen (secondary N) is 3. The summed E-state index contributed by atoms with van der Waals surface area (Å²) >= 11 is 4.78. The van der Waals surface area contributed by atoms with Gasteiger partial charge in [0.15, 0.2) is 0 Å².